The number of anilines is 2. The molecule has 0 spiro atoms. The molecule has 3 aromatic rings. The molecule has 0 saturated carbocycles. The maximum absolute atomic E-state index is 12.4. The van der Waals surface area contributed by atoms with Gasteiger partial charge in [-0.2, -0.15) is 0 Å². The lowest BCUT2D eigenvalue weighted by Crippen LogP contribution is -2.32. The van der Waals surface area contributed by atoms with Crippen molar-refractivity contribution in [2.45, 2.75) is 13.0 Å². The van der Waals surface area contributed by atoms with Gasteiger partial charge in [-0.05, 0) is 36.6 Å². The third-order valence-electron chi connectivity index (χ3n) is 3.74. The van der Waals surface area contributed by atoms with E-state index in [4.69, 9.17) is 23.2 Å². The van der Waals surface area contributed by atoms with Crippen LogP contribution in [0.3, 0.4) is 0 Å². The fourth-order valence-corrected chi connectivity index (χ4v) is 2.94. The Morgan fingerprint density at radius 3 is 2.50 bits per heavy atom. The van der Waals surface area contributed by atoms with Gasteiger partial charge in [-0.15, -0.1) is 0 Å². The average Bonchev–Trinajstić information content (AvgIpc) is 2.57. The van der Waals surface area contributed by atoms with Crippen LogP contribution in [-0.4, -0.2) is 11.9 Å². The highest BCUT2D eigenvalue weighted by Gasteiger charge is 2.15. The first-order chi connectivity index (χ1) is 11.5. The van der Waals surface area contributed by atoms with E-state index < -0.39 is 6.04 Å². The van der Waals surface area contributed by atoms with Gasteiger partial charge in [0, 0.05) is 16.1 Å². The summed E-state index contributed by atoms with van der Waals surface area (Å²) in [7, 11) is 0. The Balaban J connectivity index is 1.76. The Hall–Kier alpha value is -2.23. The zero-order valence-electron chi connectivity index (χ0n) is 13.0. The van der Waals surface area contributed by atoms with Crippen molar-refractivity contribution in [3.8, 4) is 0 Å². The summed E-state index contributed by atoms with van der Waals surface area (Å²) in [4.78, 5) is 12.4. The van der Waals surface area contributed by atoms with Gasteiger partial charge < -0.3 is 10.6 Å². The van der Waals surface area contributed by atoms with Crippen LogP contribution in [0.4, 0.5) is 11.4 Å². The minimum atomic E-state index is -0.428. The Bertz CT molecular complexity index is 890. The van der Waals surface area contributed by atoms with Gasteiger partial charge in [0.05, 0.1) is 10.7 Å². The monoisotopic (exact) mass is 358 g/mol. The van der Waals surface area contributed by atoms with Gasteiger partial charge in [0.25, 0.3) is 0 Å². The Morgan fingerprint density at radius 2 is 1.71 bits per heavy atom. The first kappa shape index (κ1) is 16.6. The molecule has 3 rings (SSSR count). The van der Waals surface area contributed by atoms with E-state index in [9.17, 15) is 4.79 Å². The Labute approximate surface area is 150 Å². The van der Waals surface area contributed by atoms with Gasteiger partial charge in [-0.3, -0.25) is 4.79 Å². The molecular formula is C19H16Cl2N2O. The summed E-state index contributed by atoms with van der Waals surface area (Å²) >= 11 is 12.0. The zero-order chi connectivity index (χ0) is 17.1. The molecule has 1 atom stereocenters. The third-order valence-corrected chi connectivity index (χ3v) is 4.29. The molecule has 0 aliphatic heterocycles. The summed E-state index contributed by atoms with van der Waals surface area (Å²) in [6, 6.07) is 18.5. The van der Waals surface area contributed by atoms with Crippen molar-refractivity contribution < 1.29 is 4.79 Å². The molecule has 3 nitrogen and oxygen atoms in total. The van der Waals surface area contributed by atoms with Crippen LogP contribution in [0.5, 0.6) is 0 Å². The quantitative estimate of drug-likeness (QED) is 0.638. The smallest absolute Gasteiger partial charge is 0.246 e. The lowest BCUT2D eigenvalue weighted by molar-refractivity contribution is -0.116. The fraction of sp³-hybridized carbons (Fsp3) is 0.105. The lowest BCUT2D eigenvalue weighted by Gasteiger charge is -2.17. The first-order valence-corrected chi connectivity index (χ1v) is 8.30. The van der Waals surface area contributed by atoms with Gasteiger partial charge in [0.15, 0.2) is 0 Å². The molecule has 0 aliphatic carbocycles. The molecule has 0 heterocycles. The summed E-state index contributed by atoms with van der Waals surface area (Å²) in [6.07, 6.45) is 0. The Kier molecular flexibility index (Phi) is 4.93. The second kappa shape index (κ2) is 7.12. The van der Waals surface area contributed by atoms with Crippen LogP contribution < -0.4 is 10.6 Å². The summed E-state index contributed by atoms with van der Waals surface area (Å²) in [5.74, 6) is -0.174. The van der Waals surface area contributed by atoms with Crippen molar-refractivity contribution in [1.82, 2.24) is 0 Å². The van der Waals surface area contributed by atoms with Crippen LogP contribution in [0, 0.1) is 0 Å². The molecule has 0 radical (unpaired) electrons. The number of carbonyl (C=O) groups is 1. The SMILES string of the molecule is C[C@H](Nc1cccc2ccccc12)C(=O)Nc1ccc(Cl)cc1Cl. The van der Waals surface area contributed by atoms with Crippen molar-refractivity contribution in [3.05, 3.63) is 70.7 Å². The van der Waals surface area contributed by atoms with Crippen LogP contribution in [0.25, 0.3) is 10.8 Å². The summed E-state index contributed by atoms with van der Waals surface area (Å²) < 4.78 is 0. The van der Waals surface area contributed by atoms with E-state index in [0.717, 1.165) is 16.5 Å². The van der Waals surface area contributed by atoms with E-state index in [1.807, 2.05) is 42.5 Å². The normalized spacial score (nSPS) is 12.0. The topological polar surface area (TPSA) is 41.1 Å². The highest BCUT2D eigenvalue weighted by molar-refractivity contribution is 6.36. The summed E-state index contributed by atoms with van der Waals surface area (Å²) in [6.45, 7) is 1.81. The maximum Gasteiger partial charge on any atom is 0.246 e. The van der Waals surface area contributed by atoms with Gasteiger partial charge >= 0.3 is 0 Å². The van der Waals surface area contributed by atoms with Gasteiger partial charge in [0.2, 0.25) is 5.91 Å². The number of hydrogen-bond donors (Lipinski definition) is 2. The molecule has 0 unspecified atom stereocenters. The van der Waals surface area contributed by atoms with Crippen molar-refractivity contribution >= 4 is 51.3 Å². The number of fused-ring (bicyclic) bond motifs is 1. The molecular weight excluding hydrogens is 343 g/mol. The van der Waals surface area contributed by atoms with Crippen molar-refractivity contribution in [2.24, 2.45) is 0 Å². The van der Waals surface area contributed by atoms with Crippen LogP contribution in [0.1, 0.15) is 6.92 Å². The third kappa shape index (κ3) is 3.64. The largest absolute Gasteiger partial charge is 0.373 e. The average molecular weight is 359 g/mol. The molecule has 3 aromatic carbocycles. The van der Waals surface area contributed by atoms with Gasteiger partial charge in [-0.1, -0.05) is 59.6 Å². The molecule has 0 saturated heterocycles. The molecule has 5 heteroatoms. The lowest BCUT2D eigenvalue weighted by atomic mass is 10.1. The van der Waals surface area contributed by atoms with E-state index in [2.05, 4.69) is 10.6 Å². The number of rotatable bonds is 4. The Morgan fingerprint density at radius 1 is 0.958 bits per heavy atom. The maximum atomic E-state index is 12.4. The molecule has 2 N–H and O–H groups in total. The number of benzene rings is 3. The van der Waals surface area contributed by atoms with Crippen LogP contribution in [0.15, 0.2) is 60.7 Å². The van der Waals surface area contributed by atoms with Gasteiger partial charge in [0.1, 0.15) is 6.04 Å². The molecule has 122 valence electrons. The highest BCUT2D eigenvalue weighted by Crippen LogP contribution is 2.26. The van der Waals surface area contributed by atoms with Gasteiger partial charge in [-0.25, -0.2) is 0 Å². The summed E-state index contributed by atoms with van der Waals surface area (Å²) in [5.41, 5.74) is 1.45. The minimum Gasteiger partial charge on any atom is -0.373 e. The van der Waals surface area contributed by atoms with Crippen LogP contribution in [-0.2, 0) is 4.79 Å². The fourth-order valence-electron chi connectivity index (χ4n) is 2.48. The molecule has 0 bridgehead atoms. The van der Waals surface area contributed by atoms with Crippen LogP contribution in [0.2, 0.25) is 10.0 Å². The number of halogens is 2. The molecule has 1 amide bonds. The number of hydrogen-bond acceptors (Lipinski definition) is 2. The van der Waals surface area contributed by atoms with E-state index in [0.29, 0.717) is 15.7 Å². The standard InChI is InChI=1S/C19H16Cl2N2O/c1-12(19(24)23-18-10-9-14(20)11-16(18)21)22-17-8-4-6-13-5-2-3-7-15(13)17/h2-12,22H,1H3,(H,23,24)/t12-/m0/s1. The molecule has 24 heavy (non-hydrogen) atoms. The number of carbonyl (C=O) groups excluding carboxylic acids is 1. The number of nitrogens with one attached hydrogen (secondary N) is 2. The number of amides is 1. The van der Waals surface area contributed by atoms with Crippen molar-refractivity contribution in [2.75, 3.05) is 10.6 Å². The van der Waals surface area contributed by atoms with E-state index in [1.165, 1.54) is 0 Å². The van der Waals surface area contributed by atoms with Crippen LogP contribution >= 0.6 is 23.2 Å². The highest BCUT2D eigenvalue weighted by atomic mass is 35.5. The second-order valence-electron chi connectivity index (χ2n) is 5.51. The van der Waals surface area contributed by atoms with Crippen molar-refractivity contribution in [1.29, 1.82) is 0 Å². The predicted molar refractivity (Wildman–Crippen MR) is 102 cm³/mol. The van der Waals surface area contributed by atoms with Crippen molar-refractivity contribution in [3.63, 3.8) is 0 Å². The minimum absolute atomic E-state index is 0.174. The predicted octanol–water partition coefficient (Wildman–Crippen LogP) is 5.59. The van der Waals surface area contributed by atoms with E-state index >= 15 is 0 Å². The molecule has 0 aromatic heterocycles. The molecule has 0 fully saturated rings. The van der Waals surface area contributed by atoms with E-state index in [1.54, 1.807) is 25.1 Å². The molecule has 0 aliphatic rings. The second-order valence-corrected chi connectivity index (χ2v) is 6.35. The zero-order valence-corrected chi connectivity index (χ0v) is 14.5. The summed E-state index contributed by atoms with van der Waals surface area (Å²) in [5, 5.41) is 9.20. The first-order valence-electron chi connectivity index (χ1n) is 7.55. The van der Waals surface area contributed by atoms with E-state index in [-0.39, 0.29) is 5.91 Å².